The number of carboxylic acids is 1. The van der Waals surface area contributed by atoms with E-state index in [0.717, 1.165) is 6.42 Å². The highest BCUT2D eigenvalue weighted by atomic mass is 16.4. The van der Waals surface area contributed by atoms with Crippen LogP contribution in [0.2, 0.25) is 0 Å². The lowest BCUT2D eigenvalue weighted by Gasteiger charge is -2.03. The molecule has 2 unspecified atom stereocenters. The standard InChI is InChI=1S/C7H13NO2/c1-4-2-5(4)3-6(8)7(9)10/h4-6H,2-3,8H2,1H3,(H,9,10)/t4?,5?,6-/m0/s1. The Kier molecular flexibility index (Phi) is 1.94. The summed E-state index contributed by atoms with van der Waals surface area (Å²) in [5.41, 5.74) is 5.32. The molecule has 0 radical (unpaired) electrons. The van der Waals surface area contributed by atoms with Crippen molar-refractivity contribution in [2.24, 2.45) is 17.6 Å². The molecule has 0 aliphatic heterocycles. The third-order valence-corrected chi connectivity index (χ3v) is 2.15. The van der Waals surface area contributed by atoms with Crippen molar-refractivity contribution in [1.29, 1.82) is 0 Å². The number of rotatable bonds is 3. The fraction of sp³-hybridized carbons (Fsp3) is 0.857. The summed E-state index contributed by atoms with van der Waals surface area (Å²) in [7, 11) is 0. The Bertz CT molecular complexity index is 147. The van der Waals surface area contributed by atoms with Gasteiger partial charge in [0.1, 0.15) is 6.04 Å². The molecule has 0 aromatic heterocycles. The lowest BCUT2D eigenvalue weighted by atomic mass is 10.1. The lowest BCUT2D eigenvalue weighted by Crippen LogP contribution is -2.30. The highest BCUT2D eigenvalue weighted by molar-refractivity contribution is 5.73. The summed E-state index contributed by atoms with van der Waals surface area (Å²) in [4.78, 5) is 10.2. The van der Waals surface area contributed by atoms with Gasteiger partial charge in [-0.05, 0) is 24.7 Å². The molecule has 10 heavy (non-hydrogen) atoms. The Morgan fingerprint density at radius 2 is 2.40 bits per heavy atom. The number of hydrogen-bond acceptors (Lipinski definition) is 2. The monoisotopic (exact) mass is 143 g/mol. The first-order valence-electron chi connectivity index (χ1n) is 3.59. The van der Waals surface area contributed by atoms with Crippen LogP contribution in [0.3, 0.4) is 0 Å². The molecule has 0 heterocycles. The van der Waals surface area contributed by atoms with Crippen LogP contribution in [0, 0.1) is 11.8 Å². The molecule has 58 valence electrons. The highest BCUT2D eigenvalue weighted by Gasteiger charge is 2.35. The van der Waals surface area contributed by atoms with Gasteiger partial charge in [-0.15, -0.1) is 0 Å². The van der Waals surface area contributed by atoms with Crippen molar-refractivity contribution in [2.75, 3.05) is 0 Å². The van der Waals surface area contributed by atoms with E-state index in [1.54, 1.807) is 0 Å². The Morgan fingerprint density at radius 1 is 1.90 bits per heavy atom. The van der Waals surface area contributed by atoms with Crippen molar-refractivity contribution >= 4 is 5.97 Å². The van der Waals surface area contributed by atoms with Crippen LogP contribution in [0.4, 0.5) is 0 Å². The zero-order chi connectivity index (χ0) is 7.72. The molecular weight excluding hydrogens is 130 g/mol. The van der Waals surface area contributed by atoms with E-state index in [0.29, 0.717) is 18.3 Å². The van der Waals surface area contributed by atoms with Crippen LogP contribution in [0.15, 0.2) is 0 Å². The van der Waals surface area contributed by atoms with Gasteiger partial charge < -0.3 is 10.8 Å². The minimum Gasteiger partial charge on any atom is -0.480 e. The summed E-state index contributed by atoms with van der Waals surface area (Å²) >= 11 is 0. The van der Waals surface area contributed by atoms with Crippen molar-refractivity contribution in [3.8, 4) is 0 Å². The summed E-state index contributed by atoms with van der Waals surface area (Å²) in [6.45, 7) is 2.12. The van der Waals surface area contributed by atoms with Gasteiger partial charge in [-0.3, -0.25) is 4.79 Å². The van der Waals surface area contributed by atoms with Gasteiger partial charge in [0, 0.05) is 0 Å². The molecule has 1 saturated carbocycles. The number of nitrogens with two attached hydrogens (primary N) is 1. The second-order valence-corrected chi connectivity index (χ2v) is 3.15. The van der Waals surface area contributed by atoms with E-state index in [1.807, 2.05) is 0 Å². The molecule has 0 bridgehead atoms. The van der Waals surface area contributed by atoms with Gasteiger partial charge in [-0.1, -0.05) is 6.92 Å². The first-order chi connectivity index (χ1) is 4.61. The summed E-state index contributed by atoms with van der Waals surface area (Å²) in [6, 6.07) is -0.644. The van der Waals surface area contributed by atoms with Crippen LogP contribution in [0.25, 0.3) is 0 Å². The van der Waals surface area contributed by atoms with Gasteiger partial charge in [0.2, 0.25) is 0 Å². The average Bonchev–Trinajstić information content (AvgIpc) is 2.46. The Hall–Kier alpha value is -0.570. The largest absolute Gasteiger partial charge is 0.480 e. The number of carboxylic acid groups (broad SMARTS) is 1. The SMILES string of the molecule is CC1CC1C[C@H](N)C(=O)O. The van der Waals surface area contributed by atoms with Gasteiger partial charge in [0.15, 0.2) is 0 Å². The maximum Gasteiger partial charge on any atom is 0.320 e. The molecule has 3 N–H and O–H groups in total. The maximum absolute atomic E-state index is 10.2. The zero-order valence-electron chi connectivity index (χ0n) is 6.08. The maximum atomic E-state index is 10.2. The average molecular weight is 143 g/mol. The molecule has 0 aromatic carbocycles. The smallest absolute Gasteiger partial charge is 0.320 e. The lowest BCUT2D eigenvalue weighted by molar-refractivity contribution is -0.138. The van der Waals surface area contributed by atoms with Crippen molar-refractivity contribution in [1.82, 2.24) is 0 Å². The van der Waals surface area contributed by atoms with E-state index in [2.05, 4.69) is 6.92 Å². The molecule has 0 spiro atoms. The summed E-state index contributed by atoms with van der Waals surface area (Å²) < 4.78 is 0. The number of aliphatic carboxylic acids is 1. The first-order valence-corrected chi connectivity index (χ1v) is 3.59. The van der Waals surface area contributed by atoms with Crippen LogP contribution < -0.4 is 5.73 Å². The Labute approximate surface area is 60.2 Å². The molecule has 1 fully saturated rings. The fourth-order valence-corrected chi connectivity index (χ4v) is 1.15. The molecule has 0 amide bonds. The van der Waals surface area contributed by atoms with Gasteiger partial charge in [-0.2, -0.15) is 0 Å². The van der Waals surface area contributed by atoms with Crippen molar-refractivity contribution in [3.05, 3.63) is 0 Å². The fourth-order valence-electron chi connectivity index (χ4n) is 1.15. The summed E-state index contributed by atoms with van der Waals surface area (Å²) in [5, 5.41) is 8.42. The molecule has 1 aliphatic carbocycles. The second-order valence-electron chi connectivity index (χ2n) is 3.15. The van der Waals surface area contributed by atoms with Crippen molar-refractivity contribution < 1.29 is 9.90 Å². The van der Waals surface area contributed by atoms with Crippen LogP contribution in [-0.4, -0.2) is 17.1 Å². The molecule has 3 heteroatoms. The minimum atomic E-state index is -0.876. The van der Waals surface area contributed by atoms with Crippen LogP contribution in [0.5, 0.6) is 0 Å². The Balaban J connectivity index is 2.19. The van der Waals surface area contributed by atoms with Crippen LogP contribution in [-0.2, 0) is 4.79 Å². The predicted octanol–water partition coefficient (Wildman–Crippen LogP) is 0.444. The number of hydrogen-bond donors (Lipinski definition) is 2. The van der Waals surface area contributed by atoms with E-state index in [-0.39, 0.29) is 0 Å². The van der Waals surface area contributed by atoms with E-state index in [9.17, 15) is 4.79 Å². The van der Waals surface area contributed by atoms with E-state index in [4.69, 9.17) is 10.8 Å². The van der Waals surface area contributed by atoms with Crippen LogP contribution >= 0.6 is 0 Å². The van der Waals surface area contributed by atoms with E-state index >= 15 is 0 Å². The van der Waals surface area contributed by atoms with Gasteiger partial charge >= 0.3 is 5.97 Å². The molecule has 0 aromatic rings. The second kappa shape index (κ2) is 2.58. The summed E-state index contributed by atoms with van der Waals surface area (Å²) in [5.74, 6) is 0.399. The van der Waals surface area contributed by atoms with Gasteiger partial charge in [-0.25, -0.2) is 0 Å². The van der Waals surface area contributed by atoms with E-state index < -0.39 is 12.0 Å². The number of carbonyl (C=O) groups is 1. The van der Waals surface area contributed by atoms with Gasteiger partial charge in [0.25, 0.3) is 0 Å². The van der Waals surface area contributed by atoms with Gasteiger partial charge in [0.05, 0.1) is 0 Å². The van der Waals surface area contributed by atoms with Crippen molar-refractivity contribution in [3.63, 3.8) is 0 Å². The molecular formula is C7H13NO2. The highest BCUT2D eigenvalue weighted by Crippen LogP contribution is 2.40. The molecule has 1 rings (SSSR count). The molecule has 1 aliphatic rings. The topological polar surface area (TPSA) is 63.3 Å². The molecule has 3 nitrogen and oxygen atoms in total. The third kappa shape index (κ3) is 1.70. The molecule has 3 atom stereocenters. The normalized spacial score (nSPS) is 33.4. The predicted molar refractivity (Wildman–Crippen MR) is 37.5 cm³/mol. The summed E-state index contributed by atoms with van der Waals surface area (Å²) in [6.07, 6.45) is 1.80. The van der Waals surface area contributed by atoms with Crippen molar-refractivity contribution in [2.45, 2.75) is 25.8 Å². The minimum absolute atomic E-state index is 0.575. The first kappa shape index (κ1) is 7.54. The molecule has 0 saturated heterocycles. The third-order valence-electron chi connectivity index (χ3n) is 2.15. The van der Waals surface area contributed by atoms with Crippen LogP contribution in [0.1, 0.15) is 19.8 Å². The quantitative estimate of drug-likeness (QED) is 0.602. The van der Waals surface area contributed by atoms with E-state index in [1.165, 1.54) is 0 Å². The Morgan fingerprint density at radius 3 is 2.70 bits per heavy atom. The zero-order valence-corrected chi connectivity index (χ0v) is 6.08.